The first-order chi connectivity index (χ1) is 8.50. The van der Waals surface area contributed by atoms with Crippen molar-refractivity contribution in [2.45, 2.75) is 27.7 Å². The molecule has 0 N–H and O–H groups in total. The Morgan fingerprint density at radius 3 is 2.00 bits per heavy atom. The van der Waals surface area contributed by atoms with E-state index in [1.54, 1.807) is 0 Å². The van der Waals surface area contributed by atoms with Gasteiger partial charge in [-0.1, -0.05) is 48.6 Å². The fourth-order valence-corrected chi connectivity index (χ4v) is 2.45. The number of hydrogen-bond acceptors (Lipinski definition) is 0. The van der Waals surface area contributed by atoms with Crippen LogP contribution in [0.15, 0.2) is 43.0 Å². The average Bonchev–Trinajstić information content (AvgIpc) is 2.30. The van der Waals surface area contributed by atoms with Crippen LogP contribution in [0.5, 0.6) is 0 Å². The highest BCUT2D eigenvalue weighted by molar-refractivity contribution is 5.76. The van der Waals surface area contributed by atoms with E-state index in [0.717, 1.165) is 5.57 Å². The van der Waals surface area contributed by atoms with E-state index >= 15 is 0 Å². The van der Waals surface area contributed by atoms with Crippen LogP contribution in [0.1, 0.15) is 29.2 Å². The third-order valence-electron chi connectivity index (χ3n) is 3.47. The zero-order valence-electron chi connectivity index (χ0n) is 11.7. The molecule has 0 heterocycles. The lowest BCUT2D eigenvalue weighted by atomic mass is 9.91. The zero-order valence-corrected chi connectivity index (χ0v) is 11.7. The van der Waals surface area contributed by atoms with Crippen molar-refractivity contribution in [1.29, 1.82) is 0 Å². The third kappa shape index (κ3) is 2.24. The summed E-state index contributed by atoms with van der Waals surface area (Å²) in [5, 5.41) is 0. The summed E-state index contributed by atoms with van der Waals surface area (Å²) in [5.74, 6) is 0. The fourth-order valence-electron chi connectivity index (χ4n) is 2.45. The molecule has 0 saturated heterocycles. The van der Waals surface area contributed by atoms with Gasteiger partial charge < -0.3 is 0 Å². The molecule has 0 saturated carbocycles. The highest BCUT2D eigenvalue weighted by Crippen LogP contribution is 2.31. The van der Waals surface area contributed by atoms with Crippen LogP contribution >= 0.6 is 0 Å². The van der Waals surface area contributed by atoms with E-state index < -0.39 is 0 Å². The van der Waals surface area contributed by atoms with Crippen molar-refractivity contribution in [3.05, 3.63) is 65.2 Å². The van der Waals surface area contributed by atoms with Crippen molar-refractivity contribution in [3.63, 3.8) is 0 Å². The Bertz CT molecular complexity index is 583. The minimum absolute atomic E-state index is 1.12. The summed E-state index contributed by atoms with van der Waals surface area (Å²) in [6, 6.07) is 13.1. The molecule has 0 atom stereocenters. The summed E-state index contributed by atoms with van der Waals surface area (Å²) in [6.07, 6.45) is 0. The summed E-state index contributed by atoms with van der Waals surface area (Å²) in [5.41, 5.74) is 9.02. The molecule has 0 aliphatic rings. The van der Waals surface area contributed by atoms with Crippen molar-refractivity contribution in [2.75, 3.05) is 0 Å². The minimum Gasteiger partial charge on any atom is -0.0955 e. The maximum atomic E-state index is 4.00. The number of allylic oxidation sites excluding steroid dienone is 1. The van der Waals surface area contributed by atoms with E-state index in [4.69, 9.17) is 0 Å². The Morgan fingerprint density at radius 1 is 0.889 bits per heavy atom. The molecule has 0 fully saturated rings. The zero-order chi connectivity index (χ0) is 13.3. The molecule has 18 heavy (non-hydrogen) atoms. The third-order valence-corrected chi connectivity index (χ3v) is 3.47. The fraction of sp³-hybridized carbons (Fsp3) is 0.222. The van der Waals surface area contributed by atoms with Crippen molar-refractivity contribution in [3.8, 4) is 11.1 Å². The van der Waals surface area contributed by atoms with Crippen LogP contribution < -0.4 is 0 Å². The minimum atomic E-state index is 1.12. The van der Waals surface area contributed by atoms with Gasteiger partial charge >= 0.3 is 0 Å². The van der Waals surface area contributed by atoms with Gasteiger partial charge in [-0.3, -0.25) is 0 Å². The van der Waals surface area contributed by atoms with E-state index in [-0.39, 0.29) is 0 Å². The number of aryl methyl sites for hydroxylation is 3. The van der Waals surface area contributed by atoms with E-state index in [1.807, 2.05) is 6.92 Å². The molecule has 0 aliphatic carbocycles. The summed E-state index contributed by atoms with van der Waals surface area (Å²) in [4.78, 5) is 0. The van der Waals surface area contributed by atoms with Gasteiger partial charge in [-0.05, 0) is 61.1 Å². The van der Waals surface area contributed by atoms with E-state index in [1.165, 1.54) is 33.4 Å². The Hall–Kier alpha value is -1.82. The first kappa shape index (κ1) is 12.6. The van der Waals surface area contributed by atoms with Gasteiger partial charge in [0.25, 0.3) is 0 Å². The molecule has 2 rings (SSSR count). The molecule has 92 valence electrons. The lowest BCUT2D eigenvalue weighted by Crippen LogP contribution is -1.92. The Kier molecular flexibility index (Phi) is 3.38. The molecule has 0 unspecified atom stereocenters. The molecule has 0 bridgehead atoms. The molecule has 2 aromatic rings. The standard InChI is InChI=1S/C18H20/c1-12(2)16-9-10-17(15(5)11-16)18-13(3)7-6-8-14(18)4/h6-11H,1H2,2-5H3. The average molecular weight is 236 g/mol. The molecule has 0 radical (unpaired) electrons. The van der Waals surface area contributed by atoms with Gasteiger partial charge in [0.2, 0.25) is 0 Å². The summed E-state index contributed by atoms with van der Waals surface area (Å²) in [6.45, 7) is 12.6. The lowest BCUT2D eigenvalue weighted by Gasteiger charge is -2.14. The van der Waals surface area contributed by atoms with Gasteiger partial charge in [-0.2, -0.15) is 0 Å². The molecule has 0 spiro atoms. The molecular formula is C18H20. The van der Waals surface area contributed by atoms with Gasteiger partial charge in [0, 0.05) is 0 Å². The molecular weight excluding hydrogens is 216 g/mol. The predicted molar refractivity (Wildman–Crippen MR) is 80.8 cm³/mol. The molecule has 2 aromatic carbocycles. The Labute approximate surface area is 110 Å². The monoisotopic (exact) mass is 236 g/mol. The summed E-state index contributed by atoms with van der Waals surface area (Å²) < 4.78 is 0. The second-order valence-corrected chi connectivity index (χ2v) is 5.08. The summed E-state index contributed by atoms with van der Waals surface area (Å²) in [7, 11) is 0. The molecule has 0 nitrogen and oxygen atoms in total. The van der Waals surface area contributed by atoms with Crippen LogP contribution in [0.4, 0.5) is 0 Å². The Balaban J connectivity index is 2.62. The van der Waals surface area contributed by atoms with Crippen LogP contribution in [0.2, 0.25) is 0 Å². The molecule has 0 heteroatoms. The smallest absolute Gasteiger partial charge is 0.0123 e. The lowest BCUT2D eigenvalue weighted by molar-refractivity contribution is 1.35. The molecule has 0 aliphatic heterocycles. The SMILES string of the molecule is C=C(C)c1ccc(-c2c(C)cccc2C)c(C)c1. The number of benzene rings is 2. The predicted octanol–water partition coefficient (Wildman–Crippen LogP) is 5.31. The van der Waals surface area contributed by atoms with Crippen LogP contribution in [0.25, 0.3) is 16.7 Å². The maximum Gasteiger partial charge on any atom is -0.0123 e. The highest BCUT2D eigenvalue weighted by Gasteiger charge is 2.08. The first-order valence-electron chi connectivity index (χ1n) is 6.34. The largest absolute Gasteiger partial charge is 0.0955 e. The van der Waals surface area contributed by atoms with Gasteiger partial charge in [0.1, 0.15) is 0 Å². The van der Waals surface area contributed by atoms with Gasteiger partial charge in [0.15, 0.2) is 0 Å². The van der Waals surface area contributed by atoms with Crippen LogP contribution in [-0.2, 0) is 0 Å². The van der Waals surface area contributed by atoms with Crippen molar-refractivity contribution in [1.82, 2.24) is 0 Å². The second kappa shape index (κ2) is 4.81. The van der Waals surface area contributed by atoms with Crippen LogP contribution in [0, 0.1) is 20.8 Å². The Morgan fingerprint density at radius 2 is 1.50 bits per heavy atom. The first-order valence-corrected chi connectivity index (χ1v) is 6.34. The number of rotatable bonds is 2. The topological polar surface area (TPSA) is 0 Å². The quantitative estimate of drug-likeness (QED) is 0.662. The van der Waals surface area contributed by atoms with Gasteiger partial charge in [0.05, 0.1) is 0 Å². The van der Waals surface area contributed by atoms with E-state index in [9.17, 15) is 0 Å². The van der Waals surface area contributed by atoms with Crippen LogP contribution in [0.3, 0.4) is 0 Å². The number of hydrogen-bond donors (Lipinski definition) is 0. The molecule has 0 aromatic heterocycles. The van der Waals surface area contributed by atoms with Gasteiger partial charge in [-0.25, -0.2) is 0 Å². The van der Waals surface area contributed by atoms with Crippen LogP contribution in [-0.4, -0.2) is 0 Å². The summed E-state index contributed by atoms with van der Waals surface area (Å²) >= 11 is 0. The second-order valence-electron chi connectivity index (χ2n) is 5.08. The van der Waals surface area contributed by atoms with Crippen molar-refractivity contribution < 1.29 is 0 Å². The van der Waals surface area contributed by atoms with Gasteiger partial charge in [-0.15, -0.1) is 0 Å². The van der Waals surface area contributed by atoms with Crippen molar-refractivity contribution >= 4 is 5.57 Å². The van der Waals surface area contributed by atoms with E-state index in [0.29, 0.717) is 0 Å². The highest BCUT2D eigenvalue weighted by atomic mass is 14.1. The maximum absolute atomic E-state index is 4.00. The van der Waals surface area contributed by atoms with Crippen molar-refractivity contribution in [2.24, 2.45) is 0 Å². The van der Waals surface area contributed by atoms with E-state index in [2.05, 4.69) is 63.7 Å². The molecule has 0 amide bonds. The normalized spacial score (nSPS) is 10.4.